The van der Waals surface area contributed by atoms with Gasteiger partial charge >= 0.3 is 5.97 Å². The van der Waals surface area contributed by atoms with Crippen molar-refractivity contribution in [2.75, 3.05) is 0 Å². The SMILES string of the molecule is Cc1ccccc1OCc1c(Cl)cc(Cl)c(=O)n1CCc1ccc(C(=O)O)cc1. The highest BCUT2D eigenvalue weighted by Gasteiger charge is 2.14. The summed E-state index contributed by atoms with van der Waals surface area (Å²) in [6.45, 7) is 2.39. The van der Waals surface area contributed by atoms with Gasteiger partial charge in [-0.2, -0.15) is 0 Å². The normalized spacial score (nSPS) is 10.7. The molecule has 0 spiro atoms. The molecule has 3 rings (SSSR count). The number of ether oxygens (including phenoxy) is 1. The molecule has 0 saturated heterocycles. The summed E-state index contributed by atoms with van der Waals surface area (Å²) in [5.41, 5.74) is 2.27. The number of pyridine rings is 1. The zero-order valence-electron chi connectivity index (χ0n) is 15.7. The van der Waals surface area contributed by atoms with Crippen LogP contribution in [-0.2, 0) is 19.6 Å². The first-order valence-corrected chi connectivity index (χ1v) is 9.71. The number of rotatable bonds is 7. The second-order valence-electron chi connectivity index (χ2n) is 6.55. The second kappa shape index (κ2) is 9.16. The van der Waals surface area contributed by atoms with Crippen molar-refractivity contribution in [1.29, 1.82) is 0 Å². The third-order valence-corrected chi connectivity index (χ3v) is 5.19. The zero-order chi connectivity index (χ0) is 21.0. The Morgan fingerprint density at radius 2 is 1.76 bits per heavy atom. The number of aromatic carboxylic acids is 1. The first-order valence-electron chi connectivity index (χ1n) is 8.95. The number of hydrogen-bond acceptors (Lipinski definition) is 3. The van der Waals surface area contributed by atoms with Gasteiger partial charge in [-0.25, -0.2) is 4.79 Å². The lowest BCUT2D eigenvalue weighted by Crippen LogP contribution is -2.26. The summed E-state index contributed by atoms with van der Waals surface area (Å²) in [7, 11) is 0. The van der Waals surface area contributed by atoms with Crippen LogP contribution in [0.5, 0.6) is 5.75 Å². The zero-order valence-corrected chi connectivity index (χ0v) is 17.2. The summed E-state index contributed by atoms with van der Waals surface area (Å²) in [6.07, 6.45) is 0.508. The second-order valence-corrected chi connectivity index (χ2v) is 7.36. The number of aromatic nitrogens is 1. The van der Waals surface area contributed by atoms with E-state index >= 15 is 0 Å². The van der Waals surface area contributed by atoms with Crippen LogP contribution in [0.1, 0.15) is 27.2 Å². The lowest BCUT2D eigenvalue weighted by atomic mass is 10.1. The van der Waals surface area contributed by atoms with Crippen molar-refractivity contribution < 1.29 is 14.6 Å². The lowest BCUT2D eigenvalue weighted by molar-refractivity contribution is 0.0697. The van der Waals surface area contributed by atoms with Crippen LogP contribution in [0.25, 0.3) is 0 Å². The van der Waals surface area contributed by atoms with E-state index in [0.29, 0.717) is 29.4 Å². The summed E-state index contributed by atoms with van der Waals surface area (Å²) < 4.78 is 7.39. The molecule has 2 aromatic carbocycles. The fourth-order valence-corrected chi connectivity index (χ4v) is 3.47. The monoisotopic (exact) mass is 431 g/mol. The van der Waals surface area contributed by atoms with Crippen molar-refractivity contribution >= 4 is 29.2 Å². The van der Waals surface area contributed by atoms with Crippen LogP contribution in [0.4, 0.5) is 0 Å². The van der Waals surface area contributed by atoms with Gasteiger partial charge < -0.3 is 14.4 Å². The van der Waals surface area contributed by atoms with Crippen molar-refractivity contribution in [2.24, 2.45) is 0 Å². The predicted molar refractivity (Wildman–Crippen MR) is 113 cm³/mol. The lowest BCUT2D eigenvalue weighted by Gasteiger charge is -2.17. The summed E-state index contributed by atoms with van der Waals surface area (Å²) in [5.74, 6) is -0.271. The predicted octanol–water partition coefficient (Wildman–Crippen LogP) is 4.98. The van der Waals surface area contributed by atoms with Gasteiger partial charge in [-0.1, -0.05) is 53.5 Å². The van der Waals surface area contributed by atoms with Gasteiger partial charge in [-0.3, -0.25) is 4.79 Å². The van der Waals surface area contributed by atoms with E-state index in [4.69, 9.17) is 33.0 Å². The van der Waals surface area contributed by atoms with Crippen LogP contribution in [0.3, 0.4) is 0 Å². The van der Waals surface area contributed by atoms with E-state index < -0.39 is 5.97 Å². The minimum atomic E-state index is -0.981. The Bertz CT molecular complexity index is 1090. The first-order chi connectivity index (χ1) is 13.9. The Hall–Kier alpha value is -2.76. The van der Waals surface area contributed by atoms with Gasteiger partial charge in [-0.05, 0) is 48.7 Å². The van der Waals surface area contributed by atoms with E-state index in [1.165, 1.54) is 22.8 Å². The Morgan fingerprint density at radius 1 is 1.07 bits per heavy atom. The molecule has 0 atom stereocenters. The van der Waals surface area contributed by atoms with Gasteiger partial charge in [0.2, 0.25) is 0 Å². The molecule has 1 N–H and O–H groups in total. The molecule has 0 aliphatic carbocycles. The molecule has 3 aromatic rings. The molecule has 150 valence electrons. The molecule has 0 radical (unpaired) electrons. The van der Waals surface area contributed by atoms with E-state index in [0.717, 1.165) is 11.1 Å². The highest BCUT2D eigenvalue weighted by atomic mass is 35.5. The van der Waals surface area contributed by atoms with Crippen molar-refractivity contribution in [1.82, 2.24) is 4.57 Å². The van der Waals surface area contributed by atoms with Crippen molar-refractivity contribution in [3.05, 3.63) is 97.4 Å². The number of carboxylic acids is 1. The van der Waals surface area contributed by atoms with E-state index in [-0.39, 0.29) is 22.8 Å². The number of aryl methyl sites for hydroxylation is 2. The maximum absolute atomic E-state index is 12.6. The van der Waals surface area contributed by atoms with E-state index in [1.807, 2.05) is 31.2 Å². The average Bonchev–Trinajstić information content (AvgIpc) is 2.70. The summed E-state index contributed by atoms with van der Waals surface area (Å²) in [5, 5.41) is 9.39. The average molecular weight is 432 g/mol. The molecular formula is C22H19Cl2NO4. The number of benzene rings is 2. The molecule has 0 unspecified atom stereocenters. The molecular weight excluding hydrogens is 413 g/mol. The number of halogens is 2. The topological polar surface area (TPSA) is 68.5 Å². The molecule has 0 aliphatic heterocycles. The maximum atomic E-state index is 12.6. The Balaban J connectivity index is 1.84. The Labute approximate surface area is 178 Å². The molecule has 1 aromatic heterocycles. The van der Waals surface area contributed by atoms with Gasteiger partial charge in [0, 0.05) is 6.54 Å². The summed E-state index contributed by atoms with van der Waals surface area (Å²) >= 11 is 12.4. The first kappa shape index (κ1) is 21.0. The summed E-state index contributed by atoms with van der Waals surface area (Å²) in [4.78, 5) is 23.6. The number of hydrogen-bond donors (Lipinski definition) is 1. The highest BCUT2D eigenvalue weighted by molar-refractivity contribution is 6.34. The molecule has 0 aliphatic rings. The van der Waals surface area contributed by atoms with Gasteiger partial charge in [0.1, 0.15) is 17.4 Å². The van der Waals surface area contributed by atoms with Gasteiger partial charge in [0.25, 0.3) is 5.56 Å². The van der Waals surface area contributed by atoms with E-state index in [9.17, 15) is 9.59 Å². The minimum Gasteiger partial charge on any atom is -0.487 e. The van der Waals surface area contributed by atoms with Crippen molar-refractivity contribution in [3.63, 3.8) is 0 Å². The Morgan fingerprint density at radius 3 is 2.41 bits per heavy atom. The van der Waals surface area contributed by atoms with E-state index in [1.54, 1.807) is 12.1 Å². The molecule has 0 fully saturated rings. The number of para-hydroxylation sites is 1. The third kappa shape index (κ3) is 5.00. The van der Waals surface area contributed by atoms with Gasteiger partial charge in [0.05, 0.1) is 16.3 Å². The fraction of sp³-hybridized carbons (Fsp3) is 0.182. The largest absolute Gasteiger partial charge is 0.487 e. The van der Waals surface area contributed by atoms with Crippen LogP contribution >= 0.6 is 23.2 Å². The van der Waals surface area contributed by atoms with Crippen molar-refractivity contribution in [3.8, 4) is 5.75 Å². The quantitative estimate of drug-likeness (QED) is 0.572. The number of carboxylic acid groups (broad SMARTS) is 1. The molecule has 1 heterocycles. The molecule has 5 nitrogen and oxygen atoms in total. The third-order valence-electron chi connectivity index (χ3n) is 4.59. The van der Waals surface area contributed by atoms with Crippen LogP contribution in [0.2, 0.25) is 10.0 Å². The molecule has 0 amide bonds. The fourth-order valence-electron chi connectivity index (χ4n) is 2.94. The van der Waals surface area contributed by atoms with Gasteiger partial charge in [-0.15, -0.1) is 0 Å². The number of nitrogens with zero attached hydrogens (tertiary/aromatic N) is 1. The highest BCUT2D eigenvalue weighted by Crippen LogP contribution is 2.23. The van der Waals surface area contributed by atoms with Crippen LogP contribution in [0.15, 0.2) is 59.4 Å². The maximum Gasteiger partial charge on any atom is 0.335 e. The van der Waals surface area contributed by atoms with Gasteiger partial charge in [0.15, 0.2) is 0 Å². The smallest absolute Gasteiger partial charge is 0.335 e. The van der Waals surface area contributed by atoms with Crippen LogP contribution in [-0.4, -0.2) is 15.6 Å². The molecule has 0 saturated carbocycles. The van der Waals surface area contributed by atoms with Crippen molar-refractivity contribution in [2.45, 2.75) is 26.5 Å². The Kier molecular flexibility index (Phi) is 6.62. The molecule has 7 heteroatoms. The van der Waals surface area contributed by atoms with Crippen LogP contribution < -0.4 is 10.3 Å². The molecule has 0 bridgehead atoms. The minimum absolute atomic E-state index is 0.0378. The number of carbonyl (C=O) groups is 1. The van der Waals surface area contributed by atoms with E-state index in [2.05, 4.69) is 0 Å². The molecule has 29 heavy (non-hydrogen) atoms. The standard InChI is InChI=1S/C22H19Cl2NO4/c1-14-4-2-3-5-20(14)29-13-19-17(23)12-18(24)21(26)25(19)11-10-15-6-8-16(9-7-15)22(27)28/h2-9,12H,10-11,13H2,1H3,(H,27,28). The summed E-state index contributed by atoms with van der Waals surface area (Å²) in [6, 6.07) is 15.5. The van der Waals surface area contributed by atoms with Crippen LogP contribution in [0, 0.1) is 6.92 Å².